The molecule has 3 heterocycles. The second-order valence-electron chi connectivity index (χ2n) is 5.03. The van der Waals surface area contributed by atoms with Gasteiger partial charge in [0.15, 0.2) is 21.3 Å². The molecular formula is C12H17N5O2S. The molecule has 108 valence electrons. The van der Waals surface area contributed by atoms with Crippen LogP contribution in [0.4, 0.5) is 11.6 Å². The normalized spacial score (nSPS) is 21.1. The van der Waals surface area contributed by atoms with Gasteiger partial charge in [-0.3, -0.25) is 0 Å². The van der Waals surface area contributed by atoms with Gasteiger partial charge in [-0.2, -0.15) is 0 Å². The van der Waals surface area contributed by atoms with Gasteiger partial charge in [-0.05, 0) is 12.3 Å². The summed E-state index contributed by atoms with van der Waals surface area (Å²) in [5.41, 5.74) is 0.741. The number of nitrogens with one attached hydrogen (secondary N) is 2. The Hall–Kier alpha value is -1.83. The largest absolute Gasteiger partial charge is 0.372 e. The van der Waals surface area contributed by atoms with Crippen LogP contribution in [0.25, 0.3) is 5.65 Å². The Morgan fingerprint density at radius 1 is 1.50 bits per heavy atom. The van der Waals surface area contributed by atoms with Crippen LogP contribution < -0.4 is 10.6 Å². The molecule has 7 nitrogen and oxygen atoms in total. The molecule has 0 amide bonds. The van der Waals surface area contributed by atoms with E-state index in [1.54, 1.807) is 13.2 Å². The highest BCUT2D eigenvalue weighted by Crippen LogP contribution is 2.21. The highest BCUT2D eigenvalue weighted by atomic mass is 32.2. The van der Waals surface area contributed by atoms with Gasteiger partial charge < -0.3 is 15.0 Å². The molecule has 0 radical (unpaired) electrons. The third kappa shape index (κ3) is 2.55. The Morgan fingerprint density at radius 3 is 3.05 bits per heavy atom. The van der Waals surface area contributed by atoms with Crippen LogP contribution in [0.2, 0.25) is 0 Å². The lowest BCUT2D eigenvalue weighted by Crippen LogP contribution is -2.17. The van der Waals surface area contributed by atoms with E-state index in [0.717, 1.165) is 11.5 Å². The predicted octanol–water partition coefficient (Wildman–Crippen LogP) is 0.618. The number of anilines is 2. The number of sulfone groups is 1. The maximum Gasteiger partial charge on any atom is 0.180 e. The van der Waals surface area contributed by atoms with E-state index < -0.39 is 9.84 Å². The van der Waals surface area contributed by atoms with E-state index in [4.69, 9.17) is 0 Å². The lowest BCUT2D eigenvalue weighted by atomic mass is 10.1. The van der Waals surface area contributed by atoms with Gasteiger partial charge in [0.2, 0.25) is 0 Å². The number of fused-ring (bicyclic) bond motifs is 1. The third-order valence-corrected chi connectivity index (χ3v) is 5.35. The summed E-state index contributed by atoms with van der Waals surface area (Å²) in [4.78, 5) is 8.69. The fraction of sp³-hybridized carbons (Fsp3) is 0.500. The second-order valence-corrected chi connectivity index (χ2v) is 7.26. The van der Waals surface area contributed by atoms with Gasteiger partial charge in [0.05, 0.1) is 17.7 Å². The van der Waals surface area contributed by atoms with Crippen LogP contribution in [0.5, 0.6) is 0 Å². The van der Waals surface area contributed by atoms with Crippen molar-refractivity contribution in [3.8, 4) is 0 Å². The number of hydrogen-bond donors (Lipinski definition) is 2. The molecule has 8 heteroatoms. The Bertz CT molecular complexity index is 725. The van der Waals surface area contributed by atoms with Crippen molar-refractivity contribution in [2.45, 2.75) is 6.42 Å². The molecule has 0 aliphatic carbocycles. The highest BCUT2D eigenvalue weighted by Gasteiger charge is 2.27. The molecule has 0 aromatic carbocycles. The number of imidazole rings is 1. The molecule has 1 saturated heterocycles. The first-order valence-corrected chi connectivity index (χ1v) is 8.35. The van der Waals surface area contributed by atoms with Crippen molar-refractivity contribution in [2.75, 3.05) is 35.7 Å². The zero-order valence-corrected chi connectivity index (χ0v) is 12.0. The van der Waals surface area contributed by atoms with E-state index in [9.17, 15) is 8.42 Å². The summed E-state index contributed by atoms with van der Waals surface area (Å²) in [6.07, 6.45) is 6.13. The van der Waals surface area contributed by atoms with Gasteiger partial charge in [0.25, 0.3) is 0 Å². The third-order valence-electron chi connectivity index (χ3n) is 3.52. The summed E-state index contributed by atoms with van der Waals surface area (Å²) in [5.74, 6) is 2.11. The van der Waals surface area contributed by atoms with Gasteiger partial charge in [-0.1, -0.05) is 0 Å². The van der Waals surface area contributed by atoms with E-state index in [1.165, 1.54) is 0 Å². The molecule has 2 aromatic heterocycles. The molecule has 0 bridgehead atoms. The Labute approximate surface area is 117 Å². The maximum atomic E-state index is 11.5. The van der Waals surface area contributed by atoms with Crippen LogP contribution in [0.15, 0.2) is 18.6 Å². The highest BCUT2D eigenvalue weighted by molar-refractivity contribution is 7.91. The summed E-state index contributed by atoms with van der Waals surface area (Å²) < 4.78 is 24.8. The summed E-state index contributed by atoms with van der Waals surface area (Å²) in [7, 11) is -1.03. The van der Waals surface area contributed by atoms with Gasteiger partial charge in [-0.15, -0.1) is 0 Å². The number of aromatic nitrogens is 3. The fourth-order valence-corrected chi connectivity index (χ4v) is 4.31. The standard InChI is InChI=1S/C12H17N5O2S/c1-13-10-7-17-4-3-14-12(17)11(16-10)15-6-9-2-5-20(18,19)8-9/h3-4,7,9,13H,2,5-6,8H2,1H3,(H,15,16). The molecule has 1 aliphatic heterocycles. The smallest absolute Gasteiger partial charge is 0.180 e. The molecular weight excluding hydrogens is 278 g/mol. The monoisotopic (exact) mass is 295 g/mol. The maximum absolute atomic E-state index is 11.5. The zero-order valence-electron chi connectivity index (χ0n) is 11.2. The van der Waals surface area contributed by atoms with Crippen molar-refractivity contribution in [1.29, 1.82) is 0 Å². The van der Waals surface area contributed by atoms with Crippen molar-refractivity contribution in [3.63, 3.8) is 0 Å². The molecule has 2 N–H and O–H groups in total. The summed E-state index contributed by atoms with van der Waals surface area (Å²) in [6, 6.07) is 0. The molecule has 0 spiro atoms. The lowest BCUT2D eigenvalue weighted by molar-refractivity contribution is 0.596. The van der Waals surface area contributed by atoms with E-state index in [-0.39, 0.29) is 11.7 Å². The van der Waals surface area contributed by atoms with Gasteiger partial charge in [-0.25, -0.2) is 18.4 Å². The minimum atomic E-state index is -2.84. The van der Waals surface area contributed by atoms with Crippen LogP contribution in [0, 0.1) is 5.92 Å². The second kappa shape index (κ2) is 4.93. The minimum Gasteiger partial charge on any atom is -0.372 e. The van der Waals surface area contributed by atoms with Crippen LogP contribution in [0.1, 0.15) is 6.42 Å². The Morgan fingerprint density at radius 2 is 2.35 bits per heavy atom. The van der Waals surface area contributed by atoms with Crippen LogP contribution >= 0.6 is 0 Å². The van der Waals surface area contributed by atoms with E-state index in [0.29, 0.717) is 24.5 Å². The summed E-state index contributed by atoms with van der Waals surface area (Å²) in [5, 5.41) is 6.22. The minimum absolute atomic E-state index is 0.148. The van der Waals surface area contributed by atoms with Gasteiger partial charge in [0, 0.05) is 26.0 Å². The van der Waals surface area contributed by atoms with Gasteiger partial charge >= 0.3 is 0 Å². The molecule has 1 atom stereocenters. The first kappa shape index (κ1) is 13.2. The number of rotatable bonds is 4. The molecule has 0 saturated carbocycles. The average Bonchev–Trinajstić information content (AvgIpc) is 3.01. The number of nitrogens with zero attached hydrogens (tertiary/aromatic N) is 3. The quantitative estimate of drug-likeness (QED) is 0.859. The fourth-order valence-electron chi connectivity index (χ4n) is 2.44. The van der Waals surface area contributed by atoms with E-state index in [1.807, 2.05) is 16.8 Å². The topological polar surface area (TPSA) is 88.4 Å². The van der Waals surface area contributed by atoms with Crippen LogP contribution in [-0.2, 0) is 9.84 Å². The molecule has 1 aliphatic rings. The van der Waals surface area contributed by atoms with Crippen molar-refractivity contribution < 1.29 is 8.42 Å². The zero-order chi connectivity index (χ0) is 14.2. The lowest BCUT2D eigenvalue weighted by Gasteiger charge is -2.12. The van der Waals surface area contributed by atoms with Gasteiger partial charge in [0.1, 0.15) is 5.82 Å². The van der Waals surface area contributed by atoms with Crippen molar-refractivity contribution >= 4 is 27.1 Å². The summed E-state index contributed by atoms with van der Waals surface area (Å²) in [6.45, 7) is 0.599. The SMILES string of the molecule is CNc1cn2ccnc2c(NCC2CCS(=O)(=O)C2)n1. The molecule has 20 heavy (non-hydrogen) atoms. The molecule has 2 aromatic rings. The molecule has 1 fully saturated rings. The van der Waals surface area contributed by atoms with Crippen molar-refractivity contribution in [1.82, 2.24) is 14.4 Å². The first-order chi connectivity index (χ1) is 9.57. The van der Waals surface area contributed by atoms with Crippen LogP contribution in [0.3, 0.4) is 0 Å². The first-order valence-electron chi connectivity index (χ1n) is 6.53. The molecule has 3 rings (SSSR count). The van der Waals surface area contributed by atoms with Crippen molar-refractivity contribution in [2.24, 2.45) is 5.92 Å². The average molecular weight is 295 g/mol. The van der Waals surface area contributed by atoms with Crippen LogP contribution in [-0.4, -0.2) is 47.9 Å². The van der Waals surface area contributed by atoms with Crippen molar-refractivity contribution in [3.05, 3.63) is 18.6 Å². The Kier molecular flexibility index (Phi) is 3.25. The Balaban J connectivity index is 1.78. The predicted molar refractivity (Wildman–Crippen MR) is 77.8 cm³/mol. The number of hydrogen-bond acceptors (Lipinski definition) is 6. The van der Waals surface area contributed by atoms with E-state index in [2.05, 4.69) is 20.6 Å². The van der Waals surface area contributed by atoms with E-state index >= 15 is 0 Å². The summed E-state index contributed by atoms with van der Waals surface area (Å²) >= 11 is 0. The molecule has 1 unspecified atom stereocenters.